The van der Waals surface area contributed by atoms with Crippen LogP contribution in [0.4, 0.5) is 10.1 Å². The number of nitrogens with one attached hydrogen (secondary N) is 1. The molecule has 33 heavy (non-hydrogen) atoms. The Labute approximate surface area is 192 Å². The normalized spacial score (nSPS) is 11.7. The number of sulfonamides is 1. The van der Waals surface area contributed by atoms with Crippen molar-refractivity contribution in [2.75, 3.05) is 37.9 Å². The Hall–Kier alpha value is -3.11. The standard InChI is InChI=1S/C23H27FN2O6S/c1-14(2)31-20-12-17-19(13-18(20)26(10-11-30-4)33(5,28)29)32-22(21(17)23(27)25-3)15-6-8-16(24)9-7-15/h6-9,12-14H,10-11H2,1-5H3,(H,25,27). The Morgan fingerprint density at radius 2 is 1.88 bits per heavy atom. The Kier molecular flexibility index (Phi) is 7.28. The first-order valence-corrected chi connectivity index (χ1v) is 12.1. The predicted octanol–water partition coefficient (Wildman–Crippen LogP) is 3.80. The molecule has 3 aromatic rings. The molecule has 1 N–H and O–H groups in total. The molecule has 0 unspecified atom stereocenters. The van der Waals surface area contributed by atoms with Crippen LogP contribution < -0.4 is 14.4 Å². The molecule has 0 atom stereocenters. The van der Waals surface area contributed by atoms with E-state index in [9.17, 15) is 17.6 Å². The first-order chi connectivity index (χ1) is 15.6. The highest BCUT2D eigenvalue weighted by Gasteiger charge is 2.27. The summed E-state index contributed by atoms with van der Waals surface area (Å²) >= 11 is 0. The number of methoxy groups -OCH3 is 1. The number of amides is 1. The SMILES string of the molecule is CNC(=O)c1c(-c2ccc(F)cc2)oc2cc(N(CCOC)S(C)(=O)=O)c(OC(C)C)cc12. The van der Waals surface area contributed by atoms with Crippen molar-refractivity contribution in [3.8, 4) is 17.1 Å². The molecule has 8 nitrogen and oxygen atoms in total. The van der Waals surface area contributed by atoms with Crippen molar-refractivity contribution in [2.24, 2.45) is 0 Å². The summed E-state index contributed by atoms with van der Waals surface area (Å²) in [4.78, 5) is 12.8. The number of benzene rings is 2. The molecule has 0 saturated heterocycles. The van der Waals surface area contributed by atoms with E-state index in [1.165, 1.54) is 48.8 Å². The van der Waals surface area contributed by atoms with E-state index in [4.69, 9.17) is 13.9 Å². The second kappa shape index (κ2) is 9.80. The summed E-state index contributed by atoms with van der Waals surface area (Å²) in [5.74, 6) is -0.320. The van der Waals surface area contributed by atoms with Gasteiger partial charge < -0.3 is 19.2 Å². The maximum atomic E-state index is 13.5. The zero-order chi connectivity index (χ0) is 24.3. The van der Waals surface area contributed by atoms with Gasteiger partial charge in [0, 0.05) is 31.2 Å². The summed E-state index contributed by atoms with van der Waals surface area (Å²) in [6.45, 7) is 3.84. The molecule has 0 saturated carbocycles. The Morgan fingerprint density at radius 1 is 1.21 bits per heavy atom. The number of ether oxygens (including phenoxy) is 2. The van der Waals surface area contributed by atoms with E-state index >= 15 is 0 Å². The molecule has 0 radical (unpaired) electrons. The summed E-state index contributed by atoms with van der Waals surface area (Å²) in [6, 6.07) is 8.68. The fourth-order valence-corrected chi connectivity index (χ4v) is 4.36. The second-order valence-electron chi connectivity index (χ2n) is 7.70. The fraction of sp³-hybridized carbons (Fsp3) is 0.348. The fourth-order valence-electron chi connectivity index (χ4n) is 3.45. The largest absolute Gasteiger partial charge is 0.489 e. The number of carbonyl (C=O) groups is 1. The summed E-state index contributed by atoms with van der Waals surface area (Å²) in [5, 5.41) is 3.03. The van der Waals surface area contributed by atoms with Crippen molar-refractivity contribution in [3.63, 3.8) is 0 Å². The van der Waals surface area contributed by atoms with E-state index in [0.29, 0.717) is 10.9 Å². The van der Waals surface area contributed by atoms with Crippen molar-refractivity contribution in [2.45, 2.75) is 20.0 Å². The van der Waals surface area contributed by atoms with Crippen molar-refractivity contribution in [3.05, 3.63) is 47.8 Å². The number of furan rings is 1. The lowest BCUT2D eigenvalue weighted by atomic mass is 10.0. The Balaban J connectivity index is 2.33. The van der Waals surface area contributed by atoms with E-state index in [2.05, 4.69) is 5.32 Å². The molecule has 0 bridgehead atoms. The molecule has 1 amide bonds. The number of hydrogen-bond donors (Lipinski definition) is 1. The number of rotatable bonds is 9. The molecule has 0 spiro atoms. The number of halogens is 1. The van der Waals surface area contributed by atoms with Gasteiger partial charge in [0.15, 0.2) is 0 Å². The van der Waals surface area contributed by atoms with E-state index in [1.54, 1.807) is 6.07 Å². The summed E-state index contributed by atoms with van der Waals surface area (Å²) in [6.07, 6.45) is 0.825. The topological polar surface area (TPSA) is 98.1 Å². The zero-order valence-electron chi connectivity index (χ0n) is 19.1. The van der Waals surface area contributed by atoms with Gasteiger partial charge >= 0.3 is 0 Å². The molecule has 0 aliphatic rings. The smallest absolute Gasteiger partial charge is 0.255 e. The van der Waals surface area contributed by atoms with Crippen molar-refractivity contribution >= 4 is 32.6 Å². The van der Waals surface area contributed by atoms with Crippen LogP contribution in [-0.4, -0.2) is 54.0 Å². The van der Waals surface area contributed by atoms with Crippen LogP contribution in [0, 0.1) is 5.82 Å². The van der Waals surface area contributed by atoms with E-state index in [0.717, 1.165) is 6.26 Å². The highest BCUT2D eigenvalue weighted by atomic mass is 32.2. The van der Waals surface area contributed by atoms with Gasteiger partial charge in [-0.1, -0.05) is 0 Å². The maximum absolute atomic E-state index is 13.5. The first kappa shape index (κ1) is 24.5. The molecule has 1 heterocycles. The van der Waals surface area contributed by atoms with E-state index < -0.39 is 21.7 Å². The number of nitrogens with zero attached hydrogens (tertiary/aromatic N) is 1. The van der Waals surface area contributed by atoms with Gasteiger partial charge in [-0.05, 0) is 44.2 Å². The first-order valence-electron chi connectivity index (χ1n) is 10.3. The van der Waals surface area contributed by atoms with Gasteiger partial charge in [0.05, 0.1) is 36.8 Å². The molecule has 10 heteroatoms. The van der Waals surface area contributed by atoms with E-state index in [1.807, 2.05) is 13.8 Å². The Morgan fingerprint density at radius 3 is 2.42 bits per heavy atom. The van der Waals surface area contributed by atoms with Crippen molar-refractivity contribution < 1.29 is 31.5 Å². The molecule has 178 valence electrons. The minimum absolute atomic E-state index is 0.0587. The zero-order valence-corrected chi connectivity index (χ0v) is 20.0. The third-order valence-electron chi connectivity index (χ3n) is 4.86. The second-order valence-corrected chi connectivity index (χ2v) is 9.61. The molecule has 0 aliphatic carbocycles. The van der Waals surface area contributed by atoms with E-state index in [-0.39, 0.29) is 47.6 Å². The van der Waals surface area contributed by atoms with Gasteiger partial charge in [-0.15, -0.1) is 0 Å². The van der Waals surface area contributed by atoms with Crippen molar-refractivity contribution in [1.82, 2.24) is 5.32 Å². The molecule has 0 fully saturated rings. The minimum atomic E-state index is -3.69. The van der Waals surface area contributed by atoms with Gasteiger partial charge in [0.2, 0.25) is 10.0 Å². The highest BCUT2D eigenvalue weighted by molar-refractivity contribution is 7.92. The van der Waals surface area contributed by atoms with Crippen LogP contribution in [0.5, 0.6) is 5.75 Å². The van der Waals surface area contributed by atoms with Crippen molar-refractivity contribution in [1.29, 1.82) is 0 Å². The number of carbonyl (C=O) groups excluding carboxylic acids is 1. The van der Waals surface area contributed by atoms with Crippen LogP contribution in [0.1, 0.15) is 24.2 Å². The lowest BCUT2D eigenvalue weighted by Crippen LogP contribution is -2.33. The van der Waals surface area contributed by atoms with Crippen LogP contribution in [0.25, 0.3) is 22.3 Å². The number of fused-ring (bicyclic) bond motifs is 1. The molecule has 3 rings (SSSR count). The van der Waals surface area contributed by atoms with Gasteiger partial charge in [0.25, 0.3) is 5.91 Å². The highest BCUT2D eigenvalue weighted by Crippen LogP contribution is 2.41. The third-order valence-corrected chi connectivity index (χ3v) is 6.04. The monoisotopic (exact) mass is 478 g/mol. The average Bonchev–Trinajstić information content (AvgIpc) is 3.11. The molecular weight excluding hydrogens is 451 g/mol. The maximum Gasteiger partial charge on any atom is 0.255 e. The molecule has 0 aliphatic heterocycles. The third kappa shape index (κ3) is 5.28. The van der Waals surface area contributed by atoms with Gasteiger partial charge in [-0.25, -0.2) is 12.8 Å². The minimum Gasteiger partial charge on any atom is -0.489 e. The lowest BCUT2D eigenvalue weighted by Gasteiger charge is -2.25. The number of anilines is 1. The number of hydrogen-bond acceptors (Lipinski definition) is 6. The summed E-state index contributed by atoms with van der Waals surface area (Å²) in [7, 11) is -0.717. The Bertz CT molecular complexity index is 1250. The van der Waals surface area contributed by atoms with Gasteiger partial charge in [-0.2, -0.15) is 0 Å². The summed E-state index contributed by atoms with van der Waals surface area (Å²) < 4.78 is 56.8. The summed E-state index contributed by atoms with van der Waals surface area (Å²) in [5.41, 5.74) is 1.28. The molecule has 2 aromatic carbocycles. The van der Waals surface area contributed by atoms with Crippen LogP contribution in [-0.2, 0) is 14.8 Å². The lowest BCUT2D eigenvalue weighted by molar-refractivity contribution is 0.0964. The van der Waals surface area contributed by atoms with Crippen LogP contribution >= 0.6 is 0 Å². The predicted molar refractivity (Wildman–Crippen MR) is 125 cm³/mol. The quantitative estimate of drug-likeness (QED) is 0.502. The van der Waals surface area contributed by atoms with Gasteiger partial charge in [0.1, 0.15) is 22.9 Å². The van der Waals surface area contributed by atoms with Crippen LogP contribution in [0.2, 0.25) is 0 Å². The van der Waals surface area contributed by atoms with Gasteiger partial charge in [-0.3, -0.25) is 9.10 Å². The molecule has 1 aromatic heterocycles. The van der Waals surface area contributed by atoms with Crippen LogP contribution in [0.3, 0.4) is 0 Å². The van der Waals surface area contributed by atoms with Crippen LogP contribution in [0.15, 0.2) is 40.8 Å². The molecular formula is C23H27FN2O6S. The average molecular weight is 479 g/mol.